The summed E-state index contributed by atoms with van der Waals surface area (Å²) in [5.41, 5.74) is 3.44. The third-order valence-electron chi connectivity index (χ3n) is 4.03. The zero-order chi connectivity index (χ0) is 22.5. The predicted octanol–water partition coefficient (Wildman–Crippen LogP) is 1.79. The number of aromatic amines is 1. The smallest absolute Gasteiger partial charge is 0.290 e. The van der Waals surface area contributed by atoms with E-state index >= 15 is 0 Å². The Bertz CT molecular complexity index is 1200. The maximum Gasteiger partial charge on any atom is 0.290 e. The van der Waals surface area contributed by atoms with Crippen LogP contribution >= 0.6 is 11.6 Å². The second-order valence-electron chi connectivity index (χ2n) is 6.31. The van der Waals surface area contributed by atoms with Gasteiger partial charge in [0.25, 0.3) is 17.4 Å². The van der Waals surface area contributed by atoms with Crippen LogP contribution in [0.2, 0.25) is 5.02 Å². The molecule has 2 N–H and O–H groups in total. The Kier molecular flexibility index (Phi) is 6.65. The number of carbonyl (C=O) groups excluding carboxylic acids is 1. The molecule has 0 unspecified atom stereocenters. The first-order chi connectivity index (χ1) is 14.8. The lowest BCUT2D eigenvalue weighted by atomic mass is 10.2. The average molecular weight is 446 g/mol. The van der Waals surface area contributed by atoms with Crippen molar-refractivity contribution in [3.05, 3.63) is 56.2 Å². The van der Waals surface area contributed by atoms with Gasteiger partial charge in [0.05, 0.1) is 30.6 Å². The van der Waals surface area contributed by atoms with E-state index in [-0.39, 0.29) is 17.3 Å². The molecule has 0 saturated heterocycles. The third-order valence-corrected chi connectivity index (χ3v) is 4.31. The van der Waals surface area contributed by atoms with Gasteiger partial charge in [-0.2, -0.15) is 14.9 Å². The normalized spacial score (nSPS) is 11.0. The summed E-state index contributed by atoms with van der Waals surface area (Å²) < 4.78 is 11.9. The number of halogens is 1. The number of ether oxygens (including phenoxy) is 2. The van der Waals surface area contributed by atoms with Crippen LogP contribution in [-0.4, -0.2) is 50.8 Å². The number of benzene rings is 1. The fourth-order valence-corrected chi connectivity index (χ4v) is 2.95. The topological polar surface area (TPSA) is 136 Å². The predicted molar refractivity (Wildman–Crippen MR) is 113 cm³/mol. The zero-order valence-electron chi connectivity index (χ0n) is 17.3. The molecule has 0 saturated carbocycles. The standard InChI is InChI=1S/C19H20ClN7O4/c1-5-31-15-8-12(7-13(20)16(15)30-4)9-21-24-18(29)14-6-10(2)26-27(14)19-22-17(28)11(3)23-25-19/h6-9H,5H2,1-4H3,(H,24,29)(H,22,25,28)/b21-9-. The van der Waals surface area contributed by atoms with Gasteiger partial charge in [0.1, 0.15) is 11.4 Å². The van der Waals surface area contributed by atoms with E-state index in [0.717, 1.165) is 0 Å². The molecule has 0 spiro atoms. The highest BCUT2D eigenvalue weighted by Crippen LogP contribution is 2.35. The van der Waals surface area contributed by atoms with Crippen LogP contribution in [0.15, 0.2) is 28.1 Å². The first kappa shape index (κ1) is 22.0. The summed E-state index contributed by atoms with van der Waals surface area (Å²) in [4.78, 5) is 27.0. The number of amides is 1. The molecule has 2 aromatic heterocycles. The second-order valence-corrected chi connectivity index (χ2v) is 6.72. The Labute approximate surface area is 182 Å². The highest BCUT2D eigenvalue weighted by molar-refractivity contribution is 6.32. The van der Waals surface area contributed by atoms with Gasteiger partial charge in [0.2, 0.25) is 0 Å². The van der Waals surface area contributed by atoms with Crippen LogP contribution in [0.4, 0.5) is 0 Å². The number of aryl methyl sites for hydroxylation is 2. The minimum absolute atomic E-state index is 0.0149. The van der Waals surface area contributed by atoms with Crippen molar-refractivity contribution in [3.8, 4) is 17.4 Å². The molecule has 1 aromatic carbocycles. The minimum Gasteiger partial charge on any atom is -0.491 e. The Morgan fingerprint density at radius 2 is 2.10 bits per heavy atom. The molecule has 12 heteroatoms. The van der Waals surface area contributed by atoms with E-state index in [9.17, 15) is 9.59 Å². The number of hydrogen-bond acceptors (Lipinski definition) is 8. The number of rotatable bonds is 7. The zero-order valence-corrected chi connectivity index (χ0v) is 18.0. The largest absolute Gasteiger partial charge is 0.491 e. The van der Waals surface area contributed by atoms with Crippen molar-refractivity contribution in [2.24, 2.45) is 5.10 Å². The second kappa shape index (κ2) is 9.39. The van der Waals surface area contributed by atoms with Gasteiger partial charge in [-0.1, -0.05) is 11.6 Å². The summed E-state index contributed by atoms with van der Waals surface area (Å²) in [6.07, 6.45) is 1.41. The SMILES string of the molecule is CCOc1cc(/C=N\NC(=O)c2cc(C)nn2-c2nnc(C)c(=O)[nH]2)cc(Cl)c1OC. The lowest BCUT2D eigenvalue weighted by molar-refractivity contribution is 0.0947. The molecule has 1 amide bonds. The van der Waals surface area contributed by atoms with Gasteiger partial charge in [0.15, 0.2) is 11.5 Å². The molecule has 0 bridgehead atoms. The Morgan fingerprint density at radius 1 is 1.32 bits per heavy atom. The Hall–Kier alpha value is -3.73. The summed E-state index contributed by atoms with van der Waals surface area (Å²) in [5.74, 6) is 0.323. The van der Waals surface area contributed by atoms with Crippen molar-refractivity contribution in [1.82, 2.24) is 30.4 Å². The van der Waals surface area contributed by atoms with Crippen LogP contribution in [-0.2, 0) is 0 Å². The summed E-state index contributed by atoms with van der Waals surface area (Å²) in [5, 5.41) is 16.1. The van der Waals surface area contributed by atoms with Crippen LogP contribution in [0.25, 0.3) is 5.95 Å². The number of nitrogens with one attached hydrogen (secondary N) is 2. The van der Waals surface area contributed by atoms with Crippen molar-refractivity contribution in [2.45, 2.75) is 20.8 Å². The van der Waals surface area contributed by atoms with E-state index in [2.05, 4.69) is 30.8 Å². The van der Waals surface area contributed by atoms with Crippen LogP contribution < -0.4 is 20.5 Å². The first-order valence-electron chi connectivity index (χ1n) is 9.18. The monoisotopic (exact) mass is 445 g/mol. The molecule has 2 heterocycles. The van der Waals surface area contributed by atoms with E-state index < -0.39 is 11.5 Å². The van der Waals surface area contributed by atoms with Crippen molar-refractivity contribution in [1.29, 1.82) is 0 Å². The quantitative estimate of drug-likeness (QED) is 0.417. The summed E-state index contributed by atoms with van der Waals surface area (Å²) in [6, 6.07) is 4.84. The molecule has 0 atom stereocenters. The number of carbonyl (C=O) groups is 1. The Balaban J connectivity index is 1.83. The number of hydrogen-bond donors (Lipinski definition) is 2. The summed E-state index contributed by atoms with van der Waals surface area (Å²) in [7, 11) is 1.49. The van der Waals surface area contributed by atoms with E-state index in [1.807, 2.05) is 6.92 Å². The van der Waals surface area contributed by atoms with E-state index in [1.165, 1.54) is 31.0 Å². The lowest BCUT2D eigenvalue weighted by Gasteiger charge is -2.11. The molecule has 31 heavy (non-hydrogen) atoms. The van der Waals surface area contributed by atoms with Gasteiger partial charge in [-0.3, -0.25) is 14.6 Å². The number of nitrogens with zero attached hydrogens (tertiary/aromatic N) is 5. The van der Waals surface area contributed by atoms with E-state index in [1.54, 1.807) is 19.1 Å². The van der Waals surface area contributed by atoms with E-state index in [4.69, 9.17) is 21.1 Å². The lowest BCUT2D eigenvalue weighted by Crippen LogP contribution is -2.24. The van der Waals surface area contributed by atoms with Gasteiger partial charge >= 0.3 is 0 Å². The van der Waals surface area contributed by atoms with Gasteiger partial charge < -0.3 is 9.47 Å². The number of aromatic nitrogens is 5. The highest BCUT2D eigenvalue weighted by Gasteiger charge is 2.17. The molecule has 0 radical (unpaired) electrons. The average Bonchev–Trinajstić information content (AvgIpc) is 3.12. The molecular formula is C19H20ClN7O4. The molecule has 11 nitrogen and oxygen atoms in total. The fraction of sp³-hybridized carbons (Fsp3) is 0.263. The molecule has 3 rings (SSSR count). The highest BCUT2D eigenvalue weighted by atomic mass is 35.5. The molecule has 3 aromatic rings. The summed E-state index contributed by atoms with van der Waals surface area (Å²) >= 11 is 6.22. The van der Waals surface area contributed by atoms with Crippen molar-refractivity contribution in [2.75, 3.05) is 13.7 Å². The maximum absolute atomic E-state index is 12.6. The number of hydrazone groups is 1. The minimum atomic E-state index is -0.565. The molecule has 0 aliphatic carbocycles. The molecule has 0 fully saturated rings. The van der Waals surface area contributed by atoms with Crippen LogP contribution in [0.1, 0.15) is 34.4 Å². The van der Waals surface area contributed by atoms with Crippen molar-refractivity contribution < 1.29 is 14.3 Å². The number of H-pyrrole nitrogens is 1. The van der Waals surface area contributed by atoms with Gasteiger partial charge in [-0.05, 0) is 44.5 Å². The molecular weight excluding hydrogens is 426 g/mol. The third kappa shape index (κ3) is 4.89. The number of methoxy groups -OCH3 is 1. The first-order valence-corrected chi connectivity index (χ1v) is 9.56. The van der Waals surface area contributed by atoms with Gasteiger partial charge in [-0.25, -0.2) is 5.43 Å². The molecule has 0 aliphatic heterocycles. The van der Waals surface area contributed by atoms with Gasteiger partial charge in [-0.15, -0.1) is 10.2 Å². The molecule has 0 aliphatic rings. The van der Waals surface area contributed by atoms with Gasteiger partial charge in [0, 0.05) is 0 Å². The maximum atomic E-state index is 12.6. The fourth-order valence-electron chi connectivity index (χ4n) is 2.65. The van der Waals surface area contributed by atoms with Crippen LogP contribution in [0, 0.1) is 13.8 Å². The van der Waals surface area contributed by atoms with Crippen molar-refractivity contribution >= 4 is 23.7 Å². The van der Waals surface area contributed by atoms with E-state index in [0.29, 0.717) is 34.4 Å². The Morgan fingerprint density at radius 3 is 2.77 bits per heavy atom. The van der Waals surface area contributed by atoms with Crippen LogP contribution in [0.3, 0.4) is 0 Å². The molecule has 162 valence electrons. The summed E-state index contributed by atoms with van der Waals surface area (Å²) in [6.45, 7) is 5.49. The van der Waals surface area contributed by atoms with Crippen LogP contribution in [0.5, 0.6) is 11.5 Å². The van der Waals surface area contributed by atoms with Crippen molar-refractivity contribution in [3.63, 3.8) is 0 Å².